The number of nitrogens with zero attached hydrogens (tertiary/aromatic N) is 2. The Balaban J connectivity index is 0.00000341. The van der Waals surface area contributed by atoms with Gasteiger partial charge in [0.15, 0.2) is 5.96 Å². The molecule has 1 aromatic carbocycles. The minimum absolute atomic E-state index is 0. The van der Waals surface area contributed by atoms with E-state index >= 15 is 0 Å². The van der Waals surface area contributed by atoms with Gasteiger partial charge in [0, 0.05) is 33.2 Å². The first-order chi connectivity index (χ1) is 14.6. The summed E-state index contributed by atoms with van der Waals surface area (Å²) in [5.41, 5.74) is 2.42. The summed E-state index contributed by atoms with van der Waals surface area (Å²) in [6.07, 6.45) is 0.857. The summed E-state index contributed by atoms with van der Waals surface area (Å²) in [4.78, 5) is 6.79. The molecule has 1 aromatic heterocycles. The van der Waals surface area contributed by atoms with Gasteiger partial charge < -0.3 is 24.5 Å². The topological polar surface area (TPSA) is 71.3 Å². The first-order valence-electron chi connectivity index (χ1n) is 10.6. The molecule has 1 fully saturated rings. The molecule has 7 nitrogen and oxygen atoms in total. The van der Waals surface area contributed by atoms with E-state index in [9.17, 15) is 0 Å². The molecule has 1 aliphatic rings. The second-order valence-corrected chi connectivity index (χ2v) is 7.56. The van der Waals surface area contributed by atoms with Crippen molar-refractivity contribution in [2.75, 3.05) is 53.6 Å². The molecule has 1 saturated heterocycles. The van der Waals surface area contributed by atoms with E-state index < -0.39 is 0 Å². The van der Waals surface area contributed by atoms with Crippen LogP contribution in [0.1, 0.15) is 28.7 Å². The van der Waals surface area contributed by atoms with E-state index in [1.165, 1.54) is 11.1 Å². The number of furan rings is 1. The highest BCUT2D eigenvalue weighted by molar-refractivity contribution is 14.0. The zero-order valence-corrected chi connectivity index (χ0v) is 21.3. The van der Waals surface area contributed by atoms with Crippen molar-refractivity contribution in [3.05, 3.63) is 53.0 Å². The van der Waals surface area contributed by atoms with Crippen LogP contribution in [0.3, 0.4) is 0 Å². The summed E-state index contributed by atoms with van der Waals surface area (Å²) in [7, 11) is 3.51. The molecule has 1 unspecified atom stereocenters. The van der Waals surface area contributed by atoms with Crippen molar-refractivity contribution in [1.82, 2.24) is 15.5 Å². The molecule has 0 spiro atoms. The van der Waals surface area contributed by atoms with Crippen LogP contribution in [0.15, 0.2) is 39.7 Å². The Labute approximate surface area is 202 Å². The number of nitrogens with one attached hydrogen (secondary N) is 2. The lowest BCUT2D eigenvalue weighted by Gasteiger charge is -2.33. The quantitative estimate of drug-likeness (QED) is 0.303. The van der Waals surface area contributed by atoms with E-state index in [1.54, 1.807) is 14.2 Å². The minimum atomic E-state index is 0. The molecule has 0 amide bonds. The predicted molar refractivity (Wildman–Crippen MR) is 135 cm³/mol. The van der Waals surface area contributed by atoms with Gasteiger partial charge in [0.25, 0.3) is 0 Å². The number of hydrogen-bond donors (Lipinski definition) is 2. The van der Waals surface area contributed by atoms with E-state index in [1.807, 2.05) is 19.1 Å². The van der Waals surface area contributed by atoms with Gasteiger partial charge in [0.2, 0.25) is 0 Å². The summed E-state index contributed by atoms with van der Waals surface area (Å²) in [5.74, 6) is 3.61. The molecule has 2 aromatic rings. The number of methoxy groups -OCH3 is 1. The fraction of sp³-hybridized carbons (Fsp3) is 0.522. The van der Waals surface area contributed by atoms with E-state index in [0.29, 0.717) is 6.54 Å². The molecule has 8 heteroatoms. The predicted octanol–water partition coefficient (Wildman–Crippen LogP) is 3.30. The lowest BCUT2D eigenvalue weighted by Crippen LogP contribution is -2.46. The largest absolute Gasteiger partial charge is 0.496 e. The second kappa shape index (κ2) is 12.9. The molecule has 31 heavy (non-hydrogen) atoms. The van der Waals surface area contributed by atoms with Crippen LogP contribution in [0, 0.1) is 13.8 Å². The molecule has 0 saturated carbocycles. The highest BCUT2D eigenvalue weighted by Crippen LogP contribution is 2.23. The highest BCUT2D eigenvalue weighted by Gasteiger charge is 2.25. The average molecular weight is 542 g/mol. The standard InChI is InChI=1S/C23H34N4O3.HI/c1-17-5-7-21(28-4)19(15-17)9-10-25-23(24-3)26-16-20(22-8-6-18(2)30-22)27-11-13-29-14-12-27;/h5-8,15,20H,9-14,16H2,1-4H3,(H2,24,25,26);1H. The third kappa shape index (κ3) is 7.40. The Bertz CT molecular complexity index is 834. The SMILES string of the molecule is CN=C(NCCc1cc(C)ccc1OC)NCC(c1ccc(C)o1)N1CCOCC1.I. The number of hydrogen-bond acceptors (Lipinski definition) is 5. The number of aryl methyl sites for hydroxylation is 2. The van der Waals surface area contributed by atoms with Crippen molar-refractivity contribution in [1.29, 1.82) is 0 Å². The van der Waals surface area contributed by atoms with Gasteiger partial charge in [-0.1, -0.05) is 17.7 Å². The van der Waals surface area contributed by atoms with Crippen LogP contribution in [0.25, 0.3) is 0 Å². The van der Waals surface area contributed by atoms with Crippen molar-refractivity contribution in [2.24, 2.45) is 4.99 Å². The van der Waals surface area contributed by atoms with Crippen LogP contribution in [0.2, 0.25) is 0 Å². The molecule has 172 valence electrons. The summed E-state index contributed by atoms with van der Waals surface area (Å²) in [6.45, 7) is 8.84. The zero-order valence-electron chi connectivity index (χ0n) is 18.9. The van der Waals surface area contributed by atoms with Crippen LogP contribution in [0.5, 0.6) is 5.75 Å². The number of ether oxygens (including phenoxy) is 2. The molecule has 0 radical (unpaired) electrons. The van der Waals surface area contributed by atoms with Crippen LogP contribution in [-0.4, -0.2) is 64.4 Å². The molecule has 2 heterocycles. The maximum absolute atomic E-state index is 5.94. The normalized spacial score (nSPS) is 15.8. The van der Waals surface area contributed by atoms with Crippen molar-refractivity contribution in [3.63, 3.8) is 0 Å². The second-order valence-electron chi connectivity index (χ2n) is 7.56. The smallest absolute Gasteiger partial charge is 0.191 e. The molecule has 1 atom stereocenters. The Morgan fingerprint density at radius 1 is 1.16 bits per heavy atom. The molecular weight excluding hydrogens is 507 g/mol. The molecule has 2 N–H and O–H groups in total. The lowest BCUT2D eigenvalue weighted by atomic mass is 10.1. The molecule has 0 aliphatic carbocycles. The van der Waals surface area contributed by atoms with E-state index in [4.69, 9.17) is 13.9 Å². The Morgan fingerprint density at radius 2 is 1.94 bits per heavy atom. The number of aliphatic imine (C=N–C) groups is 1. The number of halogens is 1. The van der Waals surface area contributed by atoms with Crippen LogP contribution in [0.4, 0.5) is 0 Å². The lowest BCUT2D eigenvalue weighted by molar-refractivity contribution is 0.0124. The van der Waals surface area contributed by atoms with Gasteiger partial charge >= 0.3 is 0 Å². The van der Waals surface area contributed by atoms with Gasteiger partial charge in [0.1, 0.15) is 17.3 Å². The number of rotatable bonds is 8. The zero-order chi connectivity index (χ0) is 21.3. The van der Waals surface area contributed by atoms with Gasteiger partial charge in [-0.05, 0) is 44.0 Å². The fourth-order valence-corrected chi connectivity index (χ4v) is 3.76. The number of morpholine rings is 1. The molecule has 3 rings (SSSR count). The van der Waals surface area contributed by atoms with Gasteiger partial charge in [-0.2, -0.15) is 0 Å². The minimum Gasteiger partial charge on any atom is -0.496 e. The Kier molecular flexibility index (Phi) is 10.6. The number of guanidine groups is 1. The third-order valence-corrected chi connectivity index (χ3v) is 5.39. The summed E-state index contributed by atoms with van der Waals surface area (Å²) >= 11 is 0. The van der Waals surface area contributed by atoms with Gasteiger partial charge in [0.05, 0.1) is 26.4 Å². The maximum Gasteiger partial charge on any atom is 0.191 e. The van der Waals surface area contributed by atoms with E-state index in [-0.39, 0.29) is 30.0 Å². The van der Waals surface area contributed by atoms with E-state index in [2.05, 4.69) is 45.6 Å². The van der Waals surface area contributed by atoms with Crippen molar-refractivity contribution in [2.45, 2.75) is 26.3 Å². The summed E-state index contributed by atoms with van der Waals surface area (Å²) < 4.78 is 16.9. The van der Waals surface area contributed by atoms with Crippen molar-refractivity contribution < 1.29 is 13.9 Å². The van der Waals surface area contributed by atoms with Crippen LogP contribution >= 0.6 is 24.0 Å². The van der Waals surface area contributed by atoms with E-state index in [0.717, 1.165) is 62.5 Å². The van der Waals surface area contributed by atoms with Crippen LogP contribution in [-0.2, 0) is 11.2 Å². The summed E-state index contributed by atoms with van der Waals surface area (Å²) in [5, 5.41) is 6.88. The highest BCUT2D eigenvalue weighted by atomic mass is 127. The summed E-state index contributed by atoms with van der Waals surface area (Å²) in [6, 6.07) is 10.5. The van der Waals surface area contributed by atoms with Crippen molar-refractivity contribution in [3.8, 4) is 5.75 Å². The monoisotopic (exact) mass is 542 g/mol. The fourth-order valence-electron chi connectivity index (χ4n) is 3.76. The van der Waals surface area contributed by atoms with Gasteiger partial charge in [-0.15, -0.1) is 24.0 Å². The average Bonchev–Trinajstić information content (AvgIpc) is 3.19. The first kappa shape index (κ1) is 25.5. The van der Waals surface area contributed by atoms with Crippen molar-refractivity contribution >= 4 is 29.9 Å². The molecular formula is C23H35IN4O3. The van der Waals surface area contributed by atoms with Gasteiger partial charge in [-0.3, -0.25) is 9.89 Å². The van der Waals surface area contributed by atoms with Gasteiger partial charge in [-0.25, -0.2) is 0 Å². The molecule has 0 bridgehead atoms. The Hall–Kier alpha value is -1.78. The Morgan fingerprint density at radius 3 is 2.58 bits per heavy atom. The first-order valence-corrected chi connectivity index (χ1v) is 10.6. The third-order valence-electron chi connectivity index (χ3n) is 5.39. The maximum atomic E-state index is 5.94. The number of benzene rings is 1. The van der Waals surface area contributed by atoms with Crippen LogP contribution < -0.4 is 15.4 Å². The molecule has 1 aliphatic heterocycles.